The van der Waals surface area contributed by atoms with E-state index in [9.17, 15) is 9.18 Å². The van der Waals surface area contributed by atoms with Gasteiger partial charge in [0.05, 0.1) is 11.9 Å². The lowest BCUT2D eigenvalue weighted by atomic mass is 9.86. The van der Waals surface area contributed by atoms with Crippen LogP contribution in [-0.4, -0.2) is 33.8 Å². The maximum atomic E-state index is 13.4. The molecule has 7 heteroatoms. The number of likely N-dealkylation sites (tertiary alicyclic amines) is 1. The Morgan fingerprint density at radius 2 is 2.04 bits per heavy atom. The van der Waals surface area contributed by atoms with Gasteiger partial charge in [-0.05, 0) is 49.1 Å². The summed E-state index contributed by atoms with van der Waals surface area (Å²) in [5.41, 5.74) is 0.633. The maximum absolute atomic E-state index is 13.4. The number of benzene rings is 1. The monoisotopic (exact) mass is 407 g/mol. The second kappa shape index (κ2) is 8.48. The van der Waals surface area contributed by atoms with Gasteiger partial charge in [-0.25, -0.2) is 14.2 Å². The predicted molar refractivity (Wildman–Crippen MR) is 109 cm³/mol. The fourth-order valence-corrected chi connectivity index (χ4v) is 4.79. The van der Waals surface area contributed by atoms with E-state index in [-0.39, 0.29) is 16.6 Å². The second-order valence-corrected chi connectivity index (χ2v) is 9.34. The van der Waals surface area contributed by atoms with Gasteiger partial charge in [0.15, 0.2) is 0 Å². The van der Waals surface area contributed by atoms with Crippen LogP contribution in [0.1, 0.15) is 26.7 Å². The lowest BCUT2D eigenvalue weighted by Gasteiger charge is -2.40. The molecule has 2 heterocycles. The van der Waals surface area contributed by atoms with E-state index in [0.29, 0.717) is 29.8 Å². The van der Waals surface area contributed by atoms with Crippen molar-refractivity contribution in [3.8, 4) is 0 Å². The van der Waals surface area contributed by atoms with Crippen LogP contribution in [0.4, 0.5) is 14.9 Å². The summed E-state index contributed by atoms with van der Waals surface area (Å²) >= 11 is 7.47. The van der Waals surface area contributed by atoms with E-state index in [1.165, 1.54) is 6.07 Å². The lowest BCUT2D eigenvalue weighted by molar-refractivity contribution is 0.173. The van der Waals surface area contributed by atoms with Crippen molar-refractivity contribution in [1.82, 2.24) is 9.88 Å². The number of piperidine rings is 1. The largest absolute Gasteiger partial charge is 0.325 e. The molecule has 0 bridgehead atoms. The Morgan fingerprint density at radius 3 is 2.67 bits per heavy atom. The first-order chi connectivity index (χ1) is 12.8. The minimum absolute atomic E-state index is 0.0313. The molecule has 27 heavy (non-hydrogen) atoms. The van der Waals surface area contributed by atoms with E-state index < -0.39 is 0 Å². The summed E-state index contributed by atoms with van der Waals surface area (Å²) in [4.78, 5) is 19.2. The number of halogens is 2. The minimum Gasteiger partial charge on any atom is -0.325 e. The molecule has 1 aliphatic heterocycles. The Balaban J connectivity index is 1.54. The summed E-state index contributed by atoms with van der Waals surface area (Å²) < 4.78 is 13.4. The SMILES string of the molecule is CC(C)(Sc1cccc(F)c1)C1CCN(C(=O)Nc2ccc(Cl)nc2)CC1. The molecule has 0 unspecified atom stereocenters. The number of carbonyl (C=O) groups excluding carboxylic acids is 1. The first-order valence-electron chi connectivity index (χ1n) is 8.95. The summed E-state index contributed by atoms with van der Waals surface area (Å²) in [6.45, 7) is 5.79. The molecule has 0 radical (unpaired) electrons. The van der Waals surface area contributed by atoms with Crippen molar-refractivity contribution < 1.29 is 9.18 Å². The number of carbonyl (C=O) groups is 1. The first kappa shape index (κ1) is 20.0. The molecule has 0 saturated carbocycles. The number of hydrogen-bond acceptors (Lipinski definition) is 3. The highest BCUT2D eigenvalue weighted by atomic mass is 35.5. The molecule has 0 aliphatic carbocycles. The van der Waals surface area contributed by atoms with Gasteiger partial charge in [0.25, 0.3) is 0 Å². The Morgan fingerprint density at radius 1 is 1.30 bits per heavy atom. The molecule has 2 aromatic rings. The summed E-state index contributed by atoms with van der Waals surface area (Å²) in [6, 6.07) is 9.99. The molecule has 1 aromatic heterocycles. The summed E-state index contributed by atoms with van der Waals surface area (Å²) in [5, 5.41) is 3.25. The second-order valence-electron chi connectivity index (χ2n) is 7.22. The van der Waals surface area contributed by atoms with Gasteiger partial charge >= 0.3 is 6.03 Å². The van der Waals surface area contributed by atoms with Crippen molar-refractivity contribution >= 4 is 35.1 Å². The van der Waals surface area contributed by atoms with Gasteiger partial charge in [-0.3, -0.25) is 0 Å². The van der Waals surface area contributed by atoms with Crippen LogP contribution >= 0.6 is 23.4 Å². The van der Waals surface area contributed by atoms with Crippen molar-refractivity contribution in [3.05, 3.63) is 53.6 Å². The maximum Gasteiger partial charge on any atom is 0.321 e. The number of rotatable bonds is 4. The summed E-state index contributed by atoms with van der Waals surface area (Å²) in [6.07, 6.45) is 3.38. The number of amides is 2. The number of anilines is 1. The van der Waals surface area contributed by atoms with Crippen molar-refractivity contribution in [3.63, 3.8) is 0 Å². The van der Waals surface area contributed by atoms with Gasteiger partial charge in [0.1, 0.15) is 11.0 Å². The topological polar surface area (TPSA) is 45.2 Å². The number of aromatic nitrogens is 1. The fraction of sp³-hybridized carbons (Fsp3) is 0.400. The molecule has 4 nitrogen and oxygen atoms in total. The zero-order chi connectivity index (χ0) is 19.4. The normalized spacial score (nSPS) is 15.6. The zero-order valence-electron chi connectivity index (χ0n) is 15.4. The number of pyridine rings is 1. The van der Waals surface area contributed by atoms with Crippen LogP contribution in [0, 0.1) is 11.7 Å². The number of hydrogen-bond donors (Lipinski definition) is 1. The van der Waals surface area contributed by atoms with Gasteiger partial charge < -0.3 is 10.2 Å². The molecule has 1 fully saturated rings. The molecule has 0 spiro atoms. The van der Waals surface area contributed by atoms with E-state index in [4.69, 9.17) is 11.6 Å². The van der Waals surface area contributed by atoms with Gasteiger partial charge in [0.2, 0.25) is 0 Å². The molecule has 2 amide bonds. The standard InChI is InChI=1S/C20H23ClFN3OS/c1-20(2,27-17-5-3-4-15(22)12-17)14-8-10-25(11-9-14)19(26)24-16-6-7-18(21)23-13-16/h3-7,12-14H,8-11H2,1-2H3,(H,24,26). The molecule has 3 rings (SSSR count). The number of urea groups is 1. The molecule has 144 valence electrons. The Hall–Kier alpha value is -1.79. The van der Waals surface area contributed by atoms with Crippen LogP contribution in [0.25, 0.3) is 0 Å². The van der Waals surface area contributed by atoms with E-state index in [0.717, 1.165) is 17.7 Å². The highest BCUT2D eigenvalue weighted by molar-refractivity contribution is 8.00. The zero-order valence-corrected chi connectivity index (χ0v) is 17.0. The van der Waals surface area contributed by atoms with Crippen molar-refractivity contribution in [2.24, 2.45) is 5.92 Å². The van der Waals surface area contributed by atoms with E-state index in [1.54, 1.807) is 42.2 Å². The lowest BCUT2D eigenvalue weighted by Crippen LogP contribution is -2.44. The molecular formula is C20H23ClFN3OS. The average Bonchev–Trinajstić information content (AvgIpc) is 2.63. The van der Waals surface area contributed by atoms with Crippen LogP contribution in [-0.2, 0) is 0 Å². The van der Waals surface area contributed by atoms with Gasteiger partial charge in [-0.1, -0.05) is 31.5 Å². The van der Waals surface area contributed by atoms with E-state index >= 15 is 0 Å². The molecular weight excluding hydrogens is 385 g/mol. The van der Waals surface area contributed by atoms with Crippen molar-refractivity contribution in [1.29, 1.82) is 0 Å². The van der Waals surface area contributed by atoms with Gasteiger partial charge in [0, 0.05) is 22.7 Å². The predicted octanol–water partition coefficient (Wildman–Crippen LogP) is 5.69. The van der Waals surface area contributed by atoms with Crippen molar-refractivity contribution in [2.45, 2.75) is 36.3 Å². The summed E-state index contributed by atoms with van der Waals surface area (Å²) in [5.74, 6) is 0.242. The third-order valence-corrected chi connectivity index (χ3v) is 6.49. The first-order valence-corrected chi connectivity index (χ1v) is 10.1. The fourth-order valence-electron chi connectivity index (χ4n) is 3.35. The molecule has 1 aromatic carbocycles. The Labute approximate surface area is 168 Å². The Bertz CT molecular complexity index is 792. The molecule has 0 atom stereocenters. The van der Waals surface area contributed by atoms with E-state index in [1.807, 2.05) is 11.0 Å². The number of nitrogens with zero attached hydrogens (tertiary/aromatic N) is 2. The quantitative estimate of drug-likeness (QED) is 0.523. The van der Waals surface area contributed by atoms with Crippen LogP contribution in [0.5, 0.6) is 0 Å². The van der Waals surface area contributed by atoms with Crippen LogP contribution in [0.15, 0.2) is 47.5 Å². The van der Waals surface area contributed by atoms with E-state index in [2.05, 4.69) is 24.1 Å². The van der Waals surface area contributed by atoms with Gasteiger partial charge in [-0.2, -0.15) is 0 Å². The number of nitrogens with one attached hydrogen (secondary N) is 1. The van der Waals surface area contributed by atoms with Gasteiger partial charge in [-0.15, -0.1) is 11.8 Å². The summed E-state index contributed by atoms with van der Waals surface area (Å²) in [7, 11) is 0. The molecule has 1 N–H and O–H groups in total. The van der Waals surface area contributed by atoms with Crippen LogP contribution in [0.3, 0.4) is 0 Å². The third-order valence-electron chi connectivity index (χ3n) is 4.92. The third kappa shape index (κ3) is 5.36. The Kier molecular flexibility index (Phi) is 6.27. The average molecular weight is 408 g/mol. The smallest absolute Gasteiger partial charge is 0.321 e. The number of thioether (sulfide) groups is 1. The van der Waals surface area contributed by atoms with Crippen LogP contribution < -0.4 is 5.32 Å². The highest BCUT2D eigenvalue weighted by Crippen LogP contribution is 2.42. The molecule has 1 aliphatic rings. The van der Waals surface area contributed by atoms with Crippen molar-refractivity contribution in [2.75, 3.05) is 18.4 Å². The minimum atomic E-state index is -0.209. The molecule has 1 saturated heterocycles. The van der Waals surface area contributed by atoms with Crippen LogP contribution in [0.2, 0.25) is 5.15 Å². The highest BCUT2D eigenvalue weighted by Gasteiger charge is 2.34.